The van der Waals surface area contributed by atoms with Gasteiger partial charge in [-0.05, 0) is 19.1 Å². The van der Waals surface area contributed by atoms with E-state index in [2.05, 4.69) is 9.84 Å². The summed E-state index contributed by atoms with van der Waals surface area (Å²) in [6.07, 6.45) is -0.132. The molecule has 1 atom stereocenters. The lowest BCUT2D eigenvalue weighted by atomic mass is 10.0. The van der Waals surface area contributed by atoms with Crippen LogP contribution in [0.3, 0.4) is 0 Å². The number of carbonyl (C=O) groups excluding carboxylic acids is 2. The lowest BCUT2D eigenvalue weighted by Gasteiger charge is -2.15. The van der Waals surface area contributed by atoms with Crippen LogP contribution in [-0.4, -0.2) is 24.7 Å². The molecular formula is C13H12ClFN2O3. The summed E-state index contributed by atoms with van der Waals surface area (Å²) in [5.41, 5.74) is 0.311. The molecule has 0 saturated heterocycles. The first-order chi connectivity index (χ1) is 9.45. The van der Waals surface area contributed by atoms with E-state index >= 15 is 0 Å². The zero-order valence-electron chi connectivity index (χ0n) is 10.9. The molecule has 0 fully saturated rings. The number of para-hydroxylation sites is 1. The van der Waals surface area contributed by atoms with Crippen molar-refractivity contribution in [3.05, 3.63) is 29.0 Å². The van der Waals surface area contributed by atoms with Gasteiger partial charge in [0.25, 0.3) is 5.91 Å². The van der Waals surface area contributed by atoms with Crippen LogP contribution in [0.2, 0.25) is 5.02 Å². The molecule has 0 aliphatic carbocycles. The van der Waals surface area contributed by atoms with Gasteiger partial charge in [0.15, 0.2) is 5.82 Å². The van der Waals surface area contributed by atoms with Crippen LogP contribution in [0.25, 0.3) is 0 Å². The van der Waals surface area contributed by atoms with Gasteiger partial charge < -0.3 is 4.74 Å². The maximum atomic E-state index is 13.8. The third-order valence-corrected chi connectivity index (χ3v) is 3.32. The van der Waals surface area contributed by atoms with E-state index in [1.54, 1.807) is 6.92 Å². The van der Waals surface area contributed by atoms with Gasteiger partial charge in [0.2, 0.25) is 0 Å². The summed E-state index contributed by atoms with van der Waals surface area (Å²) in [5, 5.41) is 4.98. The fourth-order valence-corrected chi connectivity index (χ4v) is 2.18. The fourth-order valence-electron chi connectivity index (χ4n) is 1.94. The number of rotatable bonds is 3. The summed E-state index contributed by atoms with van der Waals surface area (Å²) in [7, 11) is 1.24. The average Bonchev–Trinajstić information content (AvgIpc) is 2.66. The van der Waals surface area contributed by atoms with Gasteiger partial charge in [-0.1, -0.05) is 17.7 Å². The van der Waals surface area contributed by atoms with E-state index in [9.17, 15) is 14.0 Å². The second-order valence-electron chi connectivity index (χ2n) is 4.29. The molecule has 0 aromatic heterocycles. The summed E-state index contributed by atoms with van der Waals surface area (Å²) in [4.78, 5) is 23.5. The molecular weight excluding hydrogens is 287 g/mol. The third-order valence-electron chi connectivity index (χ3n) is 3.02. The molecule has 1 aromatic carbocycles. The predicted molar refractivity (Wildman–Crippen MR) is 72.1 cm³/mol. The first-order valence-electron chi connectivity index (χ1n) is 5.85. The average molecular weight is 299 g/mol. The number of anilines is 1. The van der Waals surface area contributed by atoms with Crippen molar-refractivity contribution < 1.29 is 18.7 Å². The molecule has 20 heavy (non-hydrogen) atoms. The van der Waals surface area contributed by atoms with Gasteiger partial charge in [0.05, 0.1) is 24.5 Å². The quantitative estimate of drug-likeness (QED) is 0.805. The van der Waals surface area contributed by atoms with Crippen LogP contribution < -0.4 is 5.01 Å². The van der Waals surface area contributed by atoms with Crippen molar-refractivity contribution in [2.75, 3.05) is 12.1 Å². The Morgan fingerprint density at radius 2 is 2.25 bits per heavy atom. The molecule has 1 aromatic rings. The SMILES string of the molecule is COC(=O)CC1C(=O)N(c2c(F)cccc2Cl)N=C1C. The van der Waals surface area contributed by atoms with Crippen LogP contribution >= 0.6 is 11.6 Å². The molecule has 7 heteroatoms. The highest BCUT2D eigenvalue weighted by Crippen LogP contribution is 2.33. The topological polar surface area (TPSA) is 59.0 Å². The fraction of sp³-hybridized carbons (Fsp3) is 0.308. The van der Waals surface area contributed by atoms with Gasteiger partial charge >= 0.3 is 5.97 Å². The second-order valence-corrected chi connectivity index (χ2v) is 4.70. The molecule has 0 saturated carbocycles. The Labute approximate surface area is 120 Å². The lowest BCUT2D eigenvalue weighted by molar-refractivity contribution is -0.142. The van der Waals surface area contributed by atoms with Crippen molar-refractivity contribution in [2.45, 2.75) is 13.3 Å². The van der Waals surface area contributed by atoms with Gasteiger partial charge in [-0.25, -0.2) is 4.39 Å². The van der Waals surface area contributed by atoms with Crippen molar-refractivity contribution in [1.82, 2.24) is 0 Å². The second kappa shape index (κ2) is 5.58. The van der Waals surface area contributed by atoms with Crippen molar-refractivity contribution in [3.63, 3.8) is 0 Å². The third kappa shape index (κ3) is 2.51. The number of ether oxygens (including phenoxy) is 1. The molecule has 0 N–H and O–H groups in total. The summed E-state index contributed by atoms with van der Waals surface area (Å²) >= 11 is 5.91. The van der Waals surface area contributed by atoms with Crippen LogP contribution in [0.5, 0.6) is 0 Å². The number of hydrogen-bond acceptors (Lipinski definition) is 4. The van der Waals surface area contributed by atoms with Crippen LogP contribution in [0.4, 0.5) is 10.1 Å². The molecule has 0 bridgehead atoms. The van der Waals surface area contributed by atoms with E-state index in [1.807, 2.05) is 0 Å². The number of methoxy groups -OCH3 is 1. The van der Waals surface area contributed by atoms with Gasteiger partial charge in [0, 0.05) is 5.71 Å². The smallest absolute Gasteiger partial charge is 0.306 e. The van der Waals surface area contributed by atoms with Crippen molar-refractivity contribution in [2.24, 2.45) is 11.0 Å². The summed E-state index contributed by atoms with van der Waals surface area (Å²) in [6.45, 7) is 1.60. The Bertz CT molecular complexity index is 583. The number of esters is 1. The van der Waals surface area contributed by atoms with Crippen molar-refractivity contribution >= 4 is 34.9 Å². The monoisotopic (exact) mass is 298 g/mol. The number of benzene rings is 1. The van der Waals surface area contributed by atoms with E-state index in [0.717, 1.165) is 5.01 Å². The standard InChI is InChI=1S/C13H12ClFN2O3/c1-7-8(6-11(18)20-2)13(19)17(16-7)12-9(14)4-3-5-10(12)15/h3-5,8H,6H2,1-2H3. The molecule has 1 aliphatic heterocycles. The van der Waals surface area contributed by atoms with Crippen molar-refractivity contribution in [3.8, 4) is 0 Å². The first kappa shape index (κ1) is 14.5. The van der Waals surface area contributed by atoms with Gasteiger partial charge in [-0.3, -0.25) is 9.59 Å². The minimum atomic E-state index is -0.752. The molecule has 5 nitrogen and oxygen atoms in total. The molecule has 1 amide bonds. The molecule has 1 unspecified atom stereocenters. The molecule has 2 rings (SSSR count). The lowest BCUT2D eigenvalue weighted by Crippen LogP contribution is -2.29. The molecule has 0 spiro atoms. The first-order valence-corrected chi connectivity index (χ1v) is 6.23. The summed E-state index contributed by atoms with van der Waals surface area (Å²) in [5.74, 6) is -2.43. The number of nitrogens with zero attached hydrogens (tertiary/aromatic N) is 2. The van der Waals surface area contributed by atoms with Crippen LogP contribution in [-0.2, 0) is 14.3 Å². The molecule has 1 heterocycles. The minimum absolute atomic E-state index is 0.0774. The number of halogens is 2. The maximum Gasteiger partial charge on any atom is 0.306 e. The number of carbonyl (C=O) groups is 2. The number of amides is 1. The van der Waals surface area contributed by atoms with Crippen LogP contribution in [0.1, 0.15) is 13.3 Å². The Morgan fingerprint density at radius 1 is 1.55 bits per heavy atom. The number of hydrogen-bond donors (Lipinski definition) is 0. The predicted octanol–water partition coefficient (Wildman–Crippen LogP) is 2.38. The Hall–Kier alpha value is -1.95. The highest BCUT2D eigenvalue weighted by atomic mass is 35.5. The Kier molecular flexibility index (Phi) is 4.04. The maximum absolute atomic E-state index is 13.8. The van der Waals surface area contributed by atoms with E-state index in [-0.39, 0.29) is 17.1 Å². The zero-order valence-corrected chi connectivity index (χ0v) is 11.6. The van der Waals surface area contributed by atoms with Crippen molar-refractivity contribution in [1.29, 1.82) is 0 Å². The minimum Gasteiger partial charge on any atom is -0.469 e. The van der Waals surface area contributed by atoms with E-state index in [4.69, 9.17) is 11.6 Å². The highest BCUT2D eigenvalue weighted by Gasteiger charge is 2.37. The molecule has 106 valence electrons. The Balaban J connectivity index is 2.33. The summed E-state index contributed by atoms with van der Waals surface area (Å²) in [6, 6.07) is 4.09. The Morgan fingerprint density at radius 3 is 2.85 bits per heavy atom. The van der Waals surface area contributed by atoms with Crippen LogP contribution in [0, 0.1) is 11.7 Å². The summed E-state index contributed by atoms with van der Waals surface area (Å²) < 4.78 is 18.4. The molecule has 0 radical (unpaired) electrons. The zero-order chi connectivity index (χ0) is 14.9. The van der Waals surface area contributed by atoms with Gasteiger partial charge in [-0.2, -0.15) is 10.1 Å². The van der Waals surface area contributed by atoms with Crippen LogP contribution in [0.15, 0.2) is 23.3 Å². The van der Waals surface area contributed by atoms with Gasteiger partial charge in [0.1, 0.15) is 5.69 Å². The van der Waals surface area contributed by atoms with Gasteiger partial charge in [-0.15, -0.1) is 0 Å². The number of hydrazone groups is 1. The largest absolute Gasteiger partial charge is 0.469 e. The van der Waals surface area contributed by atoms with E-state index in [1.165, 1.54) is 25.3 Å². The highest BCUT2D eigenvalue weighted by molar-refractivity contribution is 6.34. The van der Waals surface area contributed by atoms with E-state index in [0.29, 0.717) is 5.71 Å². The normalized spacial score (nSPS) is 18.2. The molecule has 1 aliphatic rings. The van der Waals surface area contributed by atoms with E-state index < -0.39 is 23.6 Å².